The van der Waals surface area contributed by atoms with E-state index >= 15 is 0 Å². The van der Waals surface area contributed by atoms with E-state index in [0.717, 1.165) is 13.7 Å². The Bertz CT molecular complexity index is 823. The summed E-state index contributed by atoms with van der Waals surface area (Å²) in [6, 6.07) is 0. The zero-order valence-corrected chi connectivity index (χ0v) is 19.8. The largest absolute Gasteiger partial charge is 0.354 e. The number of amides is 3. The lowest BCUT2D eigenvalue weighted by Gasteiger charge is -2.15. The van der Waals surface area contributed by atoms with Gasteiger partial charge in [0.25, 0.3) is 0 Å². The van der Waals surface area contributed by atoms with Crippen LogP contribution in [0.15, 0.2) is 14.4 Å². The molecule has 0 saturated heterocycles. The van der Waals surface area contributed by atoms with Crippen molar-refractivity contribution in [2.24, 2.45) is 0 Å². The van der Waals surface area contributed by atoms with Gasteiger partial charge in [0.05, 0.1) is 0 Å². The molecule has 0 spiro atoms. The monoisotopic (exact) mass is 468 g/mol. The third-order valence-electron chi connectivity index (χ3n) is 4.79. The van der Waals surface area contributed by atoms with Crippen LogP contribution in [0.4, 0.5) is 0 Å². The molecule has 0 atom stereocenters. The van der Waals surface area contributed by atoms with Crippen molar-refractivity contribution in [2.75, 3.05) is 19.6 Å². The van der Waals surface area contributed by atoms with Crippen LogP contribution in [0.5, 0.6) is 0 Å². The van der Waals surface area contributed by atoms with E-state index < -0.39 is 17.1 Å². The number of rotatable bonds is 15. The average Bonchev–Trinajstić information content (AvgIpc) is 2.76. The van der Waals surface area contributed by atoms with Gasteiger partial charge in [-0.15, -0.1) is 0 Å². The Labute approximate surface area is 192 Å². The van der Waals surface area contributed by atoms with E-state index in [2.05, 4.69) is 16.0 Å². The van der Waals surface area contributed by atoms with Gasteiger partial charge in [-0.05, 0) is 19.3 Å². The highest BCUT2D eigenvalue weighted by molar-refractivity contribution is 5.76. The van der Waals surface area contributed by atoms with E-state index in [1.807, 2.05) is 20.8 Å². The number of aromatic nitrogens is 3. The molecule has 33 heavy (non-hydrogen) atoms. The first-order valence-electron chi connectivity index (χ1n) is 11.5. The fourth-order valence-electron chi connectivity index (χ4n) is 3.12. The second kappa shape index (κ2) is 14.8. The highest BCUT2D eigenvalue weighted by atomic mass is 16.2. The molecule has 12 heteroatoms. The quantitative estimate of drug-likeness (QED) is 0.298. The third-order valence-corrected chi connectivity index (χ3v) is 4.79. The highest BCUT2D eigenvalue weighted by Crippen LogP contribution is 1.87. The molecule has 12 nitrogen and oxygen atoms in total. The predicted molar refractivity (Wildman–Crippen MR) is 123 cm³/mol. The van der Waals surface area contributed by atoms with Crippen molar-refractivity contribution in [1.82, 2.24) is 29.7 Å². The SMILES string of the molecule is CCCC(=O)NCCn1c(=O)n(CCNC(=O)CCC)c(=O)n(CCNC(=O)CCC)c1=O. The van der Waals surface area contributed by atoms with Crippen molar-refractivity contribution in [3.05, 3.63) is 31.5 Å². The molecule has 1 aromatic heterocycles. The van der Waals surface area contributed by atoms with Crippen LogP contribution in [0, 0.1) is 0 Å². The lowest BCUT2D eigenvalue weighted by atomic mass is 10.3. The number of nitrogens with one attached hydrogen (secondary N) is 3. The summed E-state index contributed by atoms with van der Waals surface area (Å²) in [6.07, 6.45) is 2.97. The molecule has 0 unspecified atom stereocenters. The molecule has 0 fully saturated rings. The molecule has 1 heterocycles. The number of carbonyl (C=O) groups is 3. The molecule has 186 valence electrons. The first-order chi connectivity index (χ1) is 15.8. The first kappa shape index (κ1) is 27.9. The van der Waals surface area contributed by atoms with Gasteiger partial charge in [0, 0.05) is 58.5 Å². The number of hydrogen-bond donors (Lipinski definition) is 3. The van der Waals surface area contributed by atoms with Crippen molar-refractivity contribution in [3.63, 3.8) is 0 Å². The normalized spacial score (nSPS) is 10.6. The maximum Gasteiger partial charge on any atom is 0.336 e. The van der Waals surface area contributed by atoms with Crippen molar-refractivity contribution in [3.8, 4) is 0 Å². The summed E-state index contributed by atoms with van der Waals surface area (Å²) in [5.74, 6) is -0.593. The van der Waals surface area contributed by atoms with Gasteiger partial charge in [-0.25, -0.2) is 28.1 Å². The van der Waals surface area contributed by atoms with Crippen molar-refractivity contribution in [2.45, 2.75) is 78.9 Å². The first-order valence-corrected chi connectivity index (χ1v) is 11.5. The van der Waals surface area contributed by atoms with Crippen LogP contribution in [0.25, 0.3) is 0 Å². The fourth-order valence-corrected chi connectivity index (χ4v) is 3.12. The van der Waals surface area contributed by atoms with Crippen LogP contribution >= 0.6 is 0 Å². The zero-order valence-electron chi connectivity index (χ0n) is 19.8. The summed E-state index contributed by atoms with van der Waals surface area (Å²) in [5, 5.41) is 7.91. The minimum absolute atomic E-state index is 0.0483. The lowest BCUT2D eigenvalue weighted by Crippen LogP contribution is -2.56. The van der Waals surface area contributed by atoms with Crippen LogP contribution in [0.3, 0.4) is 0 Å². The molecule has 1 aromatic rings. The summed E-state index contributed by atoms with van der Waals surface area (Å²) in [5.41, 5.74) is -2.44. The Morgan fingerprint density at radius 2 is 0.788 bits per heavy atom. The summed E-state index contributed by atoms with van der Waals surface area (Å²) in [6.45, 7) is 5.38. The third kappa shape index (κ3) is 9.07. The molecule has 0 radical (unpaired) electrons. The molecule has 0 bridgehead atoms. The fraction of sp³-hybridized carbons (Fsp3) is 0.714. The predicted octanol–water partition coefficient (Wildman–Crippen LogP) is -1.08. The van der Waals surface area contributed by atoms with Gasteiger partial charge in [-0.2, -0.15) is 0 Å². The number of nitrogens with zero attached hydrogens (tertiary/aromatic N) is 3. The standard InChI is InChI=1S/C21H36N6O6/c1-4-7-16(28)22-10-13-25-19(31)26(14-11-23-17(29)8-5-2)21(33)27(20(25)32)15-12-24-18(30)9-6-3/h4-15H2,1-3H3,(H,22,28)(H,23,29)(H,24,30). The van der Waals surface area contributed by atoms with Gasteiger partial charge in [-0.3, -0.25) is 14.4 Å². The van der Waals surface area contributed by atoms with Crippen LogP contribution in [-0.4, -0.2) is 51.1 Å². The summed E-state index contributed by atoms with van der Waals surface area (Å²) in [4.78, 5) is 73.6. The highest BCUT2D eigenvalue weighted by Gasteiger charge is 2.16. The van der Waals surface area contributed by atoms with Crippen molar-refractivity contribution in [1.29, 1.82) is 0 Å². The van der Waals surface area contributed by atoms with E-state index in [4.69, 9.17) is 0 Å². The average molecular weight is 469 g/mol. The van der Waals surface area contributed by atoms with Gasteiger partial charge >= 0.3 is 17.1 Å². The van der Waals surface area contributed by atoms with Crippen LogP contribution < -0.4 is 33.0 Å². The Kier molecular flexibility index (Phi) is 12.5. The summed E-state index contributed by atoms with van der Waals surface area (Å²) < 4.78 is 2.65. The smallest absolute Gasteiger partial charge is 0.336 e. The van der Waals surface area contributed by atoms with E-state index in [9.17, 15) is 28.8 Å². The molecule has 0 aliphatic carbocycles. The maximum atomic E-state index is 12.9. The van der Waals surface area contributed by atoms with Gasteiger partial charge in [-0.1, -0.05) is 20.8 Å². The Morgan fingerprint density at radius 1 is 0.545 bits per heavy atom. The summed E-state index contributed by atoms with van der Waals surface area (Å²) in [7, 11) is 0. The van der Waals surface area contributed by atoms with E-state index in [1.54, 1.807) is 0 Å². The van der Waals surface area contributed by atoms with Crippen LogP contribution in [-0.2, 0) is 34.0 Å². The van der Waals surface area contributed by atoms with E-state index in [1.165, 1.54) is 0 Å². The Balaban J connectivity index is 3.13. The van der Waals surface area contributed by atoms with Gasteiger partial charge < -0.3 is 16.0 Å². The topological polar surface area (TPSA) is 153 Å². The van der Waals surface area contributed by atoms with Gasteiger partial charge in [0.15, 0.2) is 0 Å². The Hall–Kier alpha value is -3.18. The molecule has 0 aliphatic heterocycles. The number of hydrogen-bond acceptors (Lipinski definition) is 6. The molecule has 3 N–H and O–H groups in total. The maximum absolute atomic E-state index is 12.9. The van der Waals surface area contributed by atoms with Crippen molar-refractivity contribution < 1.29 is 14.4 Å². The lowest BCUT2D eigenvalue weighted by molar-refractivity contribution is -0.121. The molecule has 0 aromatic carbocycles. The number of carbonyl (C=O) groups excluding carboxylic acids is 3. The second-order valence-corrected chi connectivity index (χ2v) is 7.60. The molecule has 3 amide bonds. The van der Waals surface area contributed by atoms with Crippen LogP contribution in [0.2, 0.25) is 0 Å². The molecule has 0 saturated carbocycles. The molecular formula is C21H36N6O6. The van der Waals surface area contributed by atoms with Crippen LogP contribution in [0.1, 0.15) is 59.3 Å². The van der Waals surface area contributed by atoms with E-state index in [-0.39, 0.29) is 57.0 Å². The van der Waals surface area contributed by atoms with Gasteiger partial charge in [0.2, 0.25) is 17.7 Å². The van der Waals surface area contributed by atoms with E-state index in [0.29, 0.717) is 38.5 Å². The minimum atomic E-state index is -0.814. The summed E-state index contributed by atoms with van der Waals surface area (Å²) >= 11 is 0. The minimum Gasteiger partial charge on any atom is -0.354 e. The molecule has 1 rings (SSSR count). The second-order valence-electron chi connectivity index (χ2n) is 7.60. The zero-order chi connectivity index (χ0) is 24.8. The van der Waals surface area contributed by atoms with Gasteiger partial charge in [0.1, 0.15) is 0 Å². The van der Waals surface area contributed by atoms with Crippen molar-refractivity contribution >= 4 is 17.7 Å². The Morgan fingerprint density at radius 3 is 1.00 bits per heavy atom. The molecule has 0 aliphatic rings. The molecular weight excluding hydrogens is 432 g/mol.